The molecule has 1 N–H and O–H groups in total. The van der Waals surface area contributed by atoms with Crippen molar-refractivity contribution < 1.29 is 9.72 Å². The van der Waals surface area contributed by atoms with E-state index in [1.54, 1.807) is 30.7 Å². The fourth-order valence-electron chi connectivity index (χ4n) is 3.18. The number of nitro groups is 1. The number of amides is 1. The van der Waals surface area contributed by atoms with Crippen LogP contribution in [0.5, 0.6) is 0 Å². The van der Waals surface area contributed by atoms with Gasteiger partial charge in [0.25, 0.3) is 5.91 Å². The summed E-state index contributed by atoms with van der Waals surface area (Å²) in [5, 5.41) is 22.7. The smallest absolute Gasteiger partial charge is 0.312 e. The van der Waals surface area contributed by atoms with E-state index in [9.17, 15) is 14.9 Å². The van der Waals surface area contributed by atoms with Gasteiger partial charge in [0, 0.05) is 18.3 Å². The molecule has 0 aliphatic carbocycles. The molecular weight excluding hydrogens is 372 g/mol. The van der Waals surface area contributed by atoms with Gasteiger partial charge in [-0.3, -0.25) is 24.3 Å². The predicted molar refractivity (Wildman–Crippen MR) is 108 cm³/mol. The van der Waals surface area contributed by atoms with Crippen molar-refractivity contribution in [1.82, 2.24) is 24.9 Å². The molecule has 2 heterocycles. The third kappa shape index (κ3) is 4.34. The van der Waals surface area contributed by atoms with Crippen LogP contribution in [-0.4, -0.2) is 30.4 Å². The van der Waals surface area contributed by atoms with Crippen LogP contribution in [0.2, 0.25) is 0 Å². The normalized spacial score (nSPS) is 12.0. The monoisotopic (exact) mass is 396 g/mol. The maximum atomic E-state index is 12.5. The molecule has 1 aromatic carbocycles. The Balaban J connectivity index is 1.67. The molecule has 3 rings (SSSR count). The third-order valence-corrected chi connectivity index (χ3v) is 4.85. The number of aromatic nitrogens is 4. The van der Waals surface area contributed by atoms with Gasteiger partial charge in [-0.05, 0) is 51.5 Å². The lowest BCUT2D eigenvalue weighted by Crippen LogP contribution is -2.27. The van der Waals surface area contributed by atoms with E-state index < -0.39 is 4.92 Å². The highest BCUT2D eigenvalue weighted by Gasteiger charge is 2.21. The van der Waals surface area contributed by atoms with Crippen molar-refractivity contribution in [2.24, 2.45) is 0 Å². The lowest BCUT2D eigenvalue weighted by atomic mass is 10.1. The zero-order valence-corrected chi connectivity index (χ0v) is 16.9. The number of hydrogen-bond donors (Lipinski definition) is 1. The molecule has 3 aromatic rings. The van der Waals surface area contributed by atoms with E-state index in [0.717, 1.165) is 17.8 Å². The standard InChI is InChI=1S/C20H24N6O3/c1-5-24-11-10-18(23-24)13(2)21-20(27)17-8-6-16(7-9-17)12-25-15(4)19(26(28)29)14(3)22-25/h6-11,13H,5,12H2,1-4H3,(H,21,27). The largest absolute Gasteiger partial charge is 0.344 e. The van der Waals surface area contributed by atoms with Crippen molar-refractivity contribution in [2.75, 3.05) is 0 Å². The molecule has 152 valence electrons. The maximum absolute atomic E-state index is 12.5. The van der Waals surface area contributed by atoms with Crippen molar-refractivity contribution in [2.45, 2.75) is 46.8 Å². The molecule has 1 amide bonds. The molecule has 1 unspecified atom stereocenters. The molecule has 0 saturated heterocycles. The average Bonchev–Trinajstić information content (AvgIpc) is 3.27. The lowest BCUT2D eigenvalue weighted by Gasteiger charge is -2.12. The Morgan fingerprint density at radius 1 is 1.21 bits per heavy atom. The van der Waals surface area contributed by atoms with Crippen LogP contribution in [0.25, 0.3) is 0 Å². The minimum atomic E-state index is -0.410. The number of rotatable bonds is 7. The summed E-state index contributed by atoms with van der Waals surface area (Å²) in [6.07, 6.45) is 1.89. The summed E-state index contributed by atoms with van der Waals surface area (Å²) in [4.78, 5) is 23.2. The van der Waals surface area contributed by atoms with Crippen LogP contribution in [0.15, 0.2) is 36.5 Å². The topological polar surface area (TPSA) is 108 Å². The van der Waals surface area contributed by atoms with Gasteiger partial charge in [-0.15, -0.1) is 0 Å². The summed E-state index contributed by atoms with van der Waals surface area (Å²) in [6, 6.07) is 8.82. The van der Waals surface area contributed by atoms with Gasteiger partial charge in [0.15, 0.2) is 0 Å². The average molecular weight is 396 g/mol. The first-order valence-corrected chi connectivity index (χ1v) is 9.41. The minimum absolute atomic E-state index is 0.0421. The van der Waals surface area contributed by atoms with Gasteiger partial charge in [-0.1, -0.05) is 12.1 Å². The van der Waals surface area contributed by atoms with E-state index in [2.05, 4.69) is 15.5 Å². The Bertz CT molecular complexity index is 1040. The summed E-state index contributed by atoms with van der Waals surface area (Å²) < 4.78 is 3.42. The fourth-order valence-corrected chi connectivity index (χ4v) is 3.18. The van der Waals surface area contributed by atoms with E-state index in [1.807, 2.05) is 42.9 Å². The van der Waals surface area contributed by atoms with E-state index in [4.69, 9.17) is 0 Å². The molecule has 0 bridgehead atoms. The Hall–Kier alpha value is -3.49. The second kappa shape index (κ2) is 8.26. The van der Waals surface area contributed by atoms with Crippen LogP contribution >= 0.6 is 0 Å². The molecule has 9 nitrogen and oxygen atoms in total. The molecule has 0 saturated carbocycles. The minimum Gasteiger partial charge on any atom is -0.344 e. The second-order valence-corrected chi connectivity index (χ2v) is 6.92. The first-order valence-electron chi connectivity index (χ1n) is 9.41. The SMILES string of the molecule is CCn1ccc(C(C)NC(=O)c2ccc(Cn3nc(C)c([N+](=O)[O-])c3C)cc2)n1. The van der Waals surface area contributed by atoms with Crippen LogP contribution in [-0.2, 0) is 13.1 Å². The number of nitrogens with one attached hydrogen (secondary N) is 1. The Labute approximate surface area is 168 Å². The third-order valence-electron chi connectivity index (χ3n) is 4.85. The van der Waals surface area contributed by atoms with Crippen LogP contribution in [0, 0.1) is 24.0 Å². The van der Waals surface area contributed by atoms with Gasteiger partial charge in [-0.25, -0.2) is 0 Å². The number of carbonyl (C=O) groups excluding carboxylic acids is 1. The molecule has 2 aromatic heterocycles. The molecule has 0 radical (unpaired) electrons. The number of nitrogens with zero attached hydrogens (tertiary/aromatic N) is 5. The Kier molecular flexibility index (Phi) is 5.76. The molecule has 0 aliphatic heterocycles. The highest BCUT2D eigenvalue weighted by atomic mass is 16.6. The van der Waals surface area contributed by atoms with Gasteiger partial charge in [0.2, 0.25) is 0 Å². The highest BCUT2D eigenvalue weighted by Crippen LogP contribution is 2.22. The second-order valence-electron chi connectivity index (χ2n) is 6.92. The zero-order chi connectivity index (χ0) is 21.1. The van der Waals surface area contributed by atoms with E-state index in [-0.39, 0.29) is 17.6 Å². The number of carbonyl (C=O) groups is 1. The number of benzene rings is 1. The summed E-state index contributed by atoms with van der Waals surface area (Å²) in [6.45, 7) is 8.38. The number of hydrogen-bond acceptors (Lipinski definition) is 5. The van der Waals surface area contributed by atoms with Crippen LogP contribution in [0.1, 0.15) is 52.9 Å². The van der Waals surface area contributed by atoms with Crippen molar-refractivity contribution >= 4 is 11.6 Å². The van der Waals surface area contributed by atoms with Gasteiger partial charge in [-0.2, -0.15) is 10.2 Å². The molecular formula is C20H24N6O3. The van der Waals surface area contributed by atoms with Gasteiger partial charge >= 0.3 is 5.69 Å². The van der Waals surface area contributed by atoms with E-state index in [0.29, 0.717) is 23.5 Å². The van der Waals surface area contributed by atoms with Crippen LogP contribution in [0.4, 0.5) is 5.69 Å². The summed E-state index contributed by atoms with van der Waals surface area (Å²) >= 11 is 0. The summed E-state index contributed by atoms with van der Waals surface area (Å²) in [5.41, 5.74) is 3.19. The quantitative estimate of drug-likeness (QED) is 0.487. The Morgan fingerprint density at radius 2 is 1.90 bits per heavy atom. The van der Waals surface area contributed by atoms with Crippen molar-refractivity contribution in [1.29, 1.82) is 0 Å². The first kappa shape index (κ1) is 20.2. The van der Waals surface area contributed by atoms with Gasteiger partial charge in [0.1, 0.15) is 11.4 Å². The maximum Gasteiger partial charge on any atom is 0.312 e. The number of aryl methyl sites for hydroxylation is 2. The molecule has 0 fully saturated rings. The van der Waals surface area contributed by atoms with E-state index >= 15 is 0 Å². The molecule has 0 spiro atoms. The Morgan fingerprint density at radius 3 is 2.45 bits per heavy atom. The summed E-state index contributed by atoms with van der Waals surface area (Å²) in [7, 11) is 0. The van der Waals surface area contributed by atoms with Gasteiger partial charge in [0.05, 0.1) is 23.2 Å². The lowest BCUT2D eigenvalue weighted by molar-refractivity contribution is -0.386. The molecule has 29 heavy (non-hydrogen) atoms. The zero-order valence-electron chi connectivity index (χ0n) is 16.9. The van der Waals surface area contributed by atoms with Crippen molar-refractivity contribution in [3.63, 3.8) is 0 Å². The fraction of sp³-hybridized carbons (Fsp3) is 0.350. The van der Waals surface area contributed by atoms with Crippen LogP contribution in [0.3, 0.4) is 0 Å². The van der Waals surface area contributed by atoms with Crippen LogP contribution < -0.4 is 5.32 Å². The molecule has 9 heteroatoms. The molecule has 0 aliphatic rings. The highest BCUT2D eigenvalue weighted by molar-refractivity contribution is 5.94. The van der Waals surface area contributed by atoms with Gasteiger partial charge < -0.3 is 5.32 Å². The molecule has 1 atom stereocenters. The first-order chi connectivity index (χ1) is 13.8. The predicted octanol–water partition coefficient (Wildman–Crippen LogP) is 3.16. The van der Waals surface area contributed by atoms with E-state index in [1.165, 1.54) is 0 Å². The van der Waals surface area contributed by atoms with Crippen molar-refractivity contribution in [3.8, 4) is 0 Å². The summed E-state index contributed by atoms with van der Waals surface area (Å²) in [5.74, 6) is -0.183. The van der Waals surface area contributed by atoms with Crippen molar-refractivity contribution in [3.05, 3.63) is 74.9 Å².